The van der Waals surface area contributed by atoms with E-state index in [0.29, 0.717) is 5.69 Å². The molecule has 0 bridgehead atoms. The highest BCUT2D eigenvalue weighted by Gasteiger charge is 2.11. The molecule has 0 unspecified atom stereocenters. The van der Waals surface area contributed by atoms with Crippen molar-refractivity contribution in [3.8, 4) is 0 Å². The Kier molecular flexibility index (Phi) is 2.20. The molecule has 1 aromatic heterocycles. The Morgan fingerprint density at radius 2 is 2.45 bits per heavy atom. The summed E-state index contributed by atoms with van der Waals surface area (Å²) in [5, 5.41) is 3.58. The van der Waals surface area contributed by atoms with Crippen LogP contribution in [-0.4, -0.2) is 21.6 Å². The molecule has 1 heterocycles. The maximum absolute atomic E-state index is 10.8. The van der Waals surface area contributed by atoms with Crippen molar-refractivity contribution < 1.29 is 9.59 Å². The van der Waals surface area contributed by atoms with Crippen molar-refractivity contribution >= 4 is 23.5 Å². The van der Waals surface area contributed by atoms with Gasteiger partial charge in [0.1, 0.15) is 4.88 Å². The van der Waals surface area contributed by atoms with Gasteiger partial charge in [-0.1, -0.05) is 4.49 Å². The SMILES string of the molecule is Cc1nnsc1C(=O)N=C=O. The first-order valence-corrected chi connectivity index (χ1v) is 3.44. The van der Waals surface area contributed by atoms with Crippen LogP contribution in [0.1, 0.15) is 15.4 Å². The molecule has 11 heavy (non-hydrogen) atoms. The van der Waals surface area contributed by atoms with Gasteiger partial charge in [-0.05, 0) is 18.5 Å². The molecule has 0 radical (unpaired) electrons. The second-order valence-corrected chi connectivity index (χ2v) is 2.45. The van der Waals surface area contributed by atoms with Crippen LogP contribution in [0.3, 0.4) is 0 Å². The summed E-state index contributed by atoms with van der Waals surface area (Å²) in [4.78, 5) is 23.7. The van der Waals surface area contributed by atoms with Crippen LogP contribution < -0.4 is 0 Å². The molecule has 1 amide bonds. The van der Waals surface area contributed by atoms with E-state index in [-0.39, 0.29) is 4.88 Å². The third-order valence-electron chi connectivity index (χ3n) is 0.993. The van der Waals surface area contributed by atoms with Crippen molar-refractivity contribution in [1.29, 1.82) is 0 Å². The third-order valence-corrected chi connectivity index (χ3v) is 1.81. The highest BCUT2D eigenvalue weighted by molar-refractivity contribution is 7.08. The molecule has 1 aromatic rings. The zero-order chi connectivity index (χ0) is 8.27. The van der Waals surface area contributed by atoms with Gasteiger partial charge in [-0.25, -0.2) is 4.79 Å². The number of aliphatic imine (C=N–C) groups is 1. The van der Waals surface area contributed by atoms with Crippen LogP contribution in [0.15, 0.2) is 4.99 Å². The molecule has 1 rings (SSSR count). The fraction of sp³-hybridized carbons (Fsp3) is 0.200. The van der Waals surface area contributed by atoms with E-state index in [1.54, 1.807) is 6.92 Å². The molecule has 0 aliphatic carbocycles. The van der Waals surface area contributed by atoms with Crippen molar-refractivity contribution in [2.75, 3.05) is 0 Å². The Bertz CT molecular complexity index is 326. The number of rotatable bonds is 1. The van der Waals surface area contributed by atoms with Gasteiger partial charge in [-0.15, -0.1) is 10.1 Å². The summed E-state index contributed by atoms with van der Waals surface area (Å²) in [7, 11) is 0. The molecule has 0 aliphatic rings. The first kappa shape index (κ1) is 7.71. The second-order valence-electron chi connectivity index (χ2n) is 1.70. The van der Waals surface area contributed by atoms with Gasteiger partial charge in [0.25, 0.3) is 0 Å². The topological polar surface area (TPSA) is 72.3 Å². The molecule has 5 nitrogen and oxygen atoms in total. The zero-order valence-electron chi connectivity index (χ0n) is 5.57. The van der Waals surface area contributed by atoms with Crippen molar-refractivity contribution in [3.05, 3.63) is 10.6 Å². The Labute approximate surface area is 65.9 Å². The molecule has 0 aliphatic heterocycles. The van der Waals surface area contributed by atoms with Crippen molar-refractivity contribution in [3.63, 3.8) is 0 Å². The molecule has 6 heteroatoms. The molecule has 0 saturated heterocycles. The zero-order valence-corrected chi connectivity index (χ0v) is 6.38. The van der Waals surface area contributed by atoms with Gasteiger partial charge in [0.2, 0.25) is 6.08 Å². The van der Waals surface area contributed by atoms with E-state index in [9.17, 15) is 9.59 Å². The molecule has 0 atom stereocenters. The van der Waals surface area contributed by atoms with Crippen molar-refractivity contribution in [1.82, 2.24) is 9.59 Å². The highest BCUT2D eigenvalue weighted by atomic mass is 32.1. The smallest absolute Gasteiger partial charge is 0.265 e. The van der Waals surface area contributed by atoms with Crippen LogP contribution >= 0.6 is 11.5 Å². The van der Waals surface area contributed by atoms with Gasteiger partial charge in [0, 0.05) is 0 Å². The molecule has 0 fully saturated rings. The summed E-state index contributed by atoms with van der Waals surface area (Å²) in [6.07, 6.45) is 1.16. The van der Waals surface area contributed by atoms with Gasteiger partial charge >= 0.3 is 5.91 Å². The maximum Gasteiger partial charge on any atom is 0.301 e. The van der Waals surface area contributed by atoms with E-state index >= 15 is 0 Å². The van der Waals surface area contributed by atoms with E-state index in [4.69, 9.17) is 0 Å². The summed E-state index contributed by atoms with van der Waals surface area (Å²) >= 11 is 0.914. The largest absolute Gasteiger partial charge is 0.301 e. The van der Waals surface area contributed by atoms with Crippen LogP contribution in [0.5, 0.6) is 0 Å². The normalized spacial score (nSPS) is 8.82. The van der Waals surface area contributed by atoms with Crippen LogP contribution in [-0.2, 0) is 4.79 Å². The molecule has 56 valence electrons. The molecule has 0 aromatic carbocycles. The number of isocyanates is 1. The van der Waals surface area contributed by atoms with E-state index in [1.165, 1.54) is 0 Å². The summed E-state index contributed by atoms with van der Waals surface area (Å²) < 4.78 is 3.51. The fourth-order valence-electron chi connectivity index (χ4n) is 0.520. The standard InChI is InChI=1S/C5H3N3O2S/c1-3-4(11-8-7-3)5(10)6-2-9/h1H3. The number of carbonyl (C=O) groups is 1. The summed E-state index contributed by atoms with van der Waals surface area (Å²) in [5.74, 6) is -0.632. The lowest BCUT2D eigenvalue weighted by molar-refractivity contribution is 0.101. The monoisotopic (exact) mass is 169 g/mol. The van der Waals surface area contributed by atoms with Crippen LogP contribution in [0.25, 0.3) is 0 Å². The Balaban J connectivity index is 3.02. The predicted octanol–water partition coefficient (Wildman–Crippen LogP) is 0.323. The Morgan fingerprint density at radius 3 is 2.91 bits per heavy atom. The summed E-state index contributed by atoms with van der Waals surface area (Å²) in [5.41, 5.74) is 0.485. The van der Waals surface area contributed by atoms with Gasteiger partial charge < -0.3 is 0 Å². The number of amides is 1. The van der Waals surface area contributed by atoms with Crippen LogP contribution in [0.2, 0.25) is 0 Å². The summed E-state index contributed by atoms with van der Waals surface area (Å²) in [6.45, 7) is 1.62. The molecular weight excluding hydrogens is 166 g/mol. The number of aryl methyl sites for hydroxylation is 1. The van der Waals surface area contributed by atoms with Crippen molar-refractivity contribution in [2.45, 2.75) is 6.92 Å². The van der Waals surface area contributed by atoms with Crippen molar-refractivity contribution in [2.24, 2.45) is 4.99 Å². The third kappa shape index (κ3) is 1.54. The predicted molar refractivity (Wildman–Crippen MR) is 37.1 cm³/mol. The Morgan fingerprint density at radius 1 is 1.73 bits per heavy atom. The van der Waals surface area contributed by atoms with Gasteiger partial charge in [-0.2, -0.15) is 0 Å². The van der Waals surface area contributed by atoms with Crippen LogP contribution in [0, 0.1) is 6.92 Å². The number of hydrogen-bond donors (Lipinski definition) is 0. The quantitative estimate of drug-likeness (QED) is 0.448. The second kappa shape index (κ2) is 3.14. The fourth-order valence-corrected chi connectivity index (χ4v) is 1.06. The summed E-state index contributed by atoms with van der Waals surface area (Å²) in [6, 6.07) is 0. The van der Waals surface area contributed by atoms with E-state index < -0.39 is 5.91 Å². The lowest BCUT2D eigenvalue weighted by Gasteiger charge is -1.83. The average Bonchev–Trinajstić information content (AvgIpc) is 2.36. The molecule has 0 spiro atoms. The lowest BCUT2D eigenvalue weighted by Crippen LogP contribution is -1.92. The molecule has 0 N–H and O–H groups in total. The Hall–Kier alpha value is -1.39. The first-order chi connectivity index (χ1) is 5.25. The van der Waals surface area contributed by atoms with Gasteiger partial charge in [0.05, 0.1) is 5.69 Å². The molecular formula is C5H3N3O2S. The minimum atomic E-state index is -0.632. The van der Waals surface area contributed by atoms with E-state index in [2.05, 4.69) is 14.6 Å². The van der Waals surface area contributed by atoms with Crippen LogP contribution in [0.4, 0.5) is 0 Å². The van der Waals surface area contributed by atoms with E-state index in [1.807, 2.05) is 0 Å². The lowest BCUT2D eigenvalue weighted by atomic mass is 10.4. The van der Waals surface area contributed by atoms with Gasteiger partial charge in [0.15, 0.2) is 0 Å². The minimum Gasteiger partial charge on any atom is -0.265 e. The average molecular weight is 169 g/mol. The highest BCUT2D eigenvalue weighted by Crippen LogP contribution is 2.09. The minimum absolute atomic E-state index is 0.286. The number of carbonyl (C=O) groups excluding carboxylic acids is 2. The van der Waals surface area contributed by atoms with E-state index in [0.717, 1.165) is 17.6 Å². The van der Waals surface area contributed by atoms with Gasteiger partial charge in [-0.3, -0.25) is 4.79 Å². The number of hydrogen-bond acceptors (Lipinski definition) is 5. The number of nitrogens with zero attached hydrogens (tertiary/aromatic N) is 3. The number of aromatic nitrogens is 2. The maximum atomic E-state index is 10.8. The molecule has 0 saturated carbocycles. The first-order valence-electron chi connectivity index (χ1n) is 2.67.